The van der Waals surface area contributed by atoms with Crippen LogP contribution in [0.3, 0.4) is 0 Å². The molecule has 4 aromatic rings. The summed E-state index contributed by atoms with van der Waals surface area (Å²) in [7, 11) is 0. The molecule has 0 aliphatic carbocycles. The van der Waals surface area contributed by atoms with Crippen molar-refractivity contribution in [3.63, 3.8) is 0 Å². The van der Waals surface area contributed by atoms with Crippen molar-refractivity contribution in [2.75, 3.05) is 5.32 Å². The highest BCUT2D eigenvalue weighted by molar-refractivity contribution is 8.00. The van der Waals surface area contributed by atoms with Crippen molar-refractivity contribution in [1.82, 2.24) is 19.7 Å². The maximum absolute atomic E-state index is 12.5. The highest BCUT2D eigenvalue weighted by atomic mass is 35.5. The van der Waals surface area contributed by atoms with Crippen LogP contribution in [-0.2, 0) is 4.79 Å². The van der Waals surface area contributed by atoms with Crippen molar-refractivity contribution in [1.29, 1.82) is 0 Å². The summed E-state index contributed by atoms with van der Waals surface area (Å²) in [5.41, 5.74) is 0.946. The zero-order chi connectivity index (χ0) is 22.8. The molecule has 0 aliphatic heterocycles. The Morgan fingerprint density at radius 3 is 2.72 bits per heavy atom. The van der Waals surface area contributed by atoms with Crippen molar-refractivity contribution in [3.05, 3.63) is 80.2 Å². The molecule has 0 saturated carbocycles. The van der Waals surface area contributed by atoms with Gasteiger partial charge in [0.15, 0.2) is 10.8 Å². The summed E-state index contributed by atoms with van der Waals surface area (Å²) < 4.78 is 1.50. The summed E-state index contributed by atoms with van der Waals surface area (Å²) in [6, 6.07) is 12.5. The largest absolute Gasteiger partial charge is 0.325 e. The fourth-order valence-corrected chi connectivity index (χ4v) is 3.86. The number of H-pyrrole nitrogens is 1. The Kier molecular flexibility index (Phi) is 5.93. The summed E-state index contributed by atoms with van der Waals surface area (Å²) in [6.07, 6.45) is 1.42. The number of anilines is 1. The normalized spacial score (nSPS) is 11.9. The van der Waals surface area contributed by atoms with Crippen molar-refractivity contribution in [3.8, 4) is 5.69 Å². The van der Waals surface area contributed by atoms with E-state index >= 15 is 0 Å². The molecule has 4 rings (SSSR count). The van der Waals surface area contributed by atoms with Gasteiger partial charge >= 0.3 is 0 Å². The van der Waals surface area contributed by atoms with E-state index in [1.54, 1.807) is 31.2 Å². The van der Waals surface area contributed by atoms with Gasteiger partial charge in [-0.15, -0.1) is 0 Å². The van der Waals surface area contributed by atoms with Crippen molar-refractivity contribution in [2.24, 2.45) is 0 Å². The van der Waals surface area contributed by atoms with Crippen LogP contribution < -0.4 is 10.9 Å². The number of non-ortho nitro benzene ring substituents is 1. The van der Waals surface area contributed by atoms with E-state index in [0.717, 1.165) is 11.8 Å². The van der Waals surface area contributed by atoms with Crippen molar-refractivity contribution in [2.45, 2.75) is 17.3 Å². The summed E-state index contributed by atoms with van der Waals surface area (Å²) >= 11 is 7.12. The molecule has 2 heterocycles. The van der Waals surface area contributed by atoms with Crippen LogP contribution in [-0.4, -0.2) is 35.8 Å². The van der Waals surface area contributed by atoms with Crippen molar-refractivity contribution < 1.29 is 9.72 Å². The minimum Gasteiger partial charge on any atom is -0.325 e. The van der Waals surface area contributed by atoms with Gasteiger partial charge < -0.3 is 10.3 Å². The van der Waals surface area contributed by atoms with Gasteiger partial charge in [-0.3, -0.25) is 19.7 Å². The lowest BCUT2D eigenvalue weighted by molar-refractivity contribution is -0.384. The summed E-state index contributed by atoms with van der Waals surface area (Å²) in [4.78, 5) is 42.4. The highest BCUT2D eigenvalue weighted by Crippen LogP contribution is 2.24. The molecule has 32 heavy (non-hydrogen) atoms. The number of nitrogens with zero attached hydrogens (tertiary/aromatic N) is 4. The number of hydrogen-bond donors (Lipinski definition) is 2. The lowest BCUT2D eigenvalue weighted by Crippen LogP contribution is -2.23. The van der Waals surface area contributed by atoms with Crippen LogP contribution in [0.5, 0.6) is 0 Å². The Hall–Kier alpha value is -3.70. The second-order valence-electron chi connectivity index (χ2n) is 6.70. The summed E-state index contributed by atoms with van der Waals surface area (Å²) in [6.45, 7) is 1.66. The van der Waals surface area contributed by atoms with E-state index in [1.165, 1.54) is 35.1 Å². The van der Waals surface area contributed by atoms with Crippen LogP contribution >= 0.6 is 23.4 Å². The lowest BCUT2D eigenvalue weighted by atomic mass is 10.3. The molecule has 2 N–H and O–H groups in total. The number of thioether (sulfide) groups is 1. The number of nitro groups is 1. The highest BCUT2D eigenvalue weighted by Gasteiger charge is 2.19. The van der Waals surface area contributed by atoms with Crippen LogP contribution in [0.1, 0.15) is 6.92 Å². The van der Waals surface area contributed by atoms with E-state index in [1.807, 2.05) is 0 Å². The molecule has 10 nitrogen and oxygen atoms in total. The number of carbonyl (C=O) groups is 1. The van der Waals surface area contributed by atoms with E-state index < -0.39 is 10.2 Å². The Morgan fingerprint density at radius 2 is 2.03 bits per heavy atom. The molecule has 0 spiro atoms. The van der Waals surface area contributed by atoms with Gasteiger partial charge in [0.25, 0.3) is 11.2 Å². The van der Waals surface area contributed by atoms with Gasteiger partial charge in [-0.25, -0.2) is 9.67 Å². The number of rotatable bonds is 6. The SMILES string of the molecule is CC(Sc1nc2c(cnn2-c2cccc(Cl)c2)c(=O)[nH]1)C(=O)Nc1ccc([N+](=O)[O-])cc1. The number of amides is 1. The number of carbonyl (C=O) groups excluding carboxylic acids is 1. The first-order chi connectivity index (χ1) is 15.3. The zero-order valence-electron chi connectivity index (χ0n) is 16.5. The lowest BCUT2D eigenvalue weighted by Gasteiger charge is -2.11. The van der Waals surface area contributed by atoms with Crippen LogP contribution in [0.4, 0.5) is 11.4 Å². The van der Waals surface area contributed by atoms with Gasteiger partial charge in [-0.2, -0.15) is 5.10 Å². The minimum atomic E-state index is -0.617. The van der Waals surface area contributed by atoms with Gasteiger partial charge in [0, 0.05) is 22.8 Å². The van der Waals surface area contributed by atoms with E-state index in [4.69, 9.17) is 11.6 Å². The molecule has 2 aromatic heterocycles. The van der Waals surface area contributed by atoms with Crippen LogP contribution in [0.15, 0.2) is 64.7 Å². The van der Waals surface area contributed by atoms with Gasteiger partial charge in [-0.05, 0) is 37.3 Å². The molecule has 0 fully saturated rings. The zero-order valence-corrected chi connectivity index (χ0v) is 18.1. The molecular weight excluding hydrogens is 456 g/mol. The quantitative estimate of drug-likeness (QED) is 0.189. The number of nitro benzene ring substituents is 1. The predicted molar refractivity (Wildman–Crippen MR) is 122 cm³/mol. The Morgan fingerprint density at radius 1 is 1.28 bits per heavy atom. The minimum absolute atomic E-state index is 0.0724. The Bertz CT molecular complexity index is 1390. The first-order valence-electron chi connectivity index (χ1n) is 9.28. The molecule has 1 unspecified atom stereocenters. The molecule has 0 bridgehead atoms. The van der Waals surface area contributed by atoms with Gasteiger partial charge in [0.1, 0.15) is 5.39 Å². The van der Waals surface area contributed by atoms with Crippen LogP contribution in [0.2, 0.25) is 5.02 Å². The summed E-state index contributed by atoms with van der Waals surface area (Å²) in [5.74, 6) is -0.352. The van der Waals surface area contributed by atoms with E-state index in [0.29, 0.717) is 27.4 Å². The Labute approximate surface area is 189 Å². The third-order valence-electron chi connectivity index (χ3n) is 4.47. The van der Waals surface area contributed by atoms with Gasteiger partial charge in [0.2, 0.25) is 5.91 Å². The Balaban J connectivity index is 1.55. The molecule has 0 aliphatic rings. The molecule has 0 saturated heterocycles. The number of aromatic nitrogens is 4. The van der Waals surface area contributed by atoms with Gasteiger partial charge in [-0.1, -0.05) is 29.4 Å². The second-order valence-corrected chi connectivity index (χ2v) is 8.46. The van der Waals surface area contributed by atoms with Gasteiger partial charge in [0.05, 0.1) is 22.1 Å². The average Bonchev–Trinajstić information content (AvgIpc) is 3.18. The second kappa shape index (κ2) is 8.81. The van der Waals surface area contributed by atoms with Crippen LogP contribution in [0, 0.1) is 10.1 Å². The summed E-state index contributed by atoms with van der Waals surface area (Å²) in [5, 5.41) is 18.1. The van der Waals surface area contributed by atoms with E-state index in [-0.39, 0.29) is 22.3 Å². The molecule has 2 aromatic carbocycles. The fourth-order valence-electron chi connectivity index (χ4n) is 2.88. The first-order valence-corrected chi connectivity index (χ1v) is 10.5. The molecule has 0 radical (unpaired) electrons. The maximum atomic E-state index is 12.5. The third-order valence-corrected chi connectivity index (χ3v) is 5.69. The number of aromatic amines is 1. The standard InChI is InChI=1S/C20H15ClN6O4S/c1-11(18(28)23-13-5-7-14(8-6-13)27(30)31)32-20-24-17-16(19(29)25-20)10-22-26(17)15-4-2-3-12(21)9-15/h2-11H,1H3,(H,23,28)(H,24,25,29). The first kappa shape index (κ1) is 21.5. The van der Waals surface area contributed by atoms with E-state index in [9.17, 15) is 19.7 Å². The maximum Gasteiger partial charge on any atom is 0.269 e. The third kappa shape index (κ3) is 4.48. The molecular formula is C20H15ClN6O4S. The number of benzene rings is 2. The number of halogens is 1. The average molecular weight is 471 g/mol. The van der Waals surface area contributed by atoms with Crippen molar-refractivity contribution >= 4 is 51.7 Å². The molecule has 162 valence electrons. The smallest absolute Gasteiger partial charge is 0.269 e. The topological polar surface area (TPSA) is 136 Å². The van der Waals surface area contributed by atoms with E-state index in [2.05, 4.69) is 20.4 Å². The molecule has 12 heteroatoms. The number of hydrogen-bond acceptors (Lipinski definition) is 7. The predicted octanol–water partition coefficient (Wildman–Crippen LogP) is 3.79. The monoisotopic (exact) mass is 470 g/mol. The molecule has 1 atom stereocenters. The fraction of sp³-hybridized carbons (Fsp3) is 0.100. The number of nitrogens with one attached hydrogen (secondary N) is 2. The number of fused-ring (bicyclic) bond motifs is 1. The molecule has 1 amide bonds. The van der Waals surface area contributed by atoms with Crippen LogP contribution in [0.25, 0.3) is 16.7 Å².